The largest absolute Gasteiger partial charge is 0.392 e. The second kappa shape index (κ2) is 8.19. The fourth-order valence-electron chi connectivity index (χ4n) is 2.09. The van der Waals surface area contributed by atoms with Gasteiger partial charge in [-0.05, 0) is 45.6 Å². The van der Waals surface area contributed by atoms with E-state index in [0.29, 0.717) is 6.54 Å². The van der Waals surface area contributed by atoms with Crippen molar-refractivity contribution in [2.45, 2.75) is 32.4 Å². The smallest absolute Gasteiger partial charge is 0.141 e. The zero-order chi connectivity index (χ0) is 14.3. The number of hydrogen-bond acceptors (Lipinski definition) is 4. The molecular formula is C14H24FN3O. The number of nitrogens with one attached hydrogen (secondary N) is 1. The number of aromatic nitrogens is 1. The molecule has 0 saturated heterocycles. The average molecular weight is 269 g/mol. The van der Waals surface area contributed by atoms with E-state index in [1.165, 1.54) is 12.3 Å². The molecule has 1 heterocycles. The van der Waals surface area contributed by atoms with Crippen molar-refractivity contribution in [3.63, 3.8) is 0 Å². The lowest BCUT2D eigenvalue weighted by molar-refractivity contribution is 0.139. The van der Waals surface area contributed by atoms with Crippen molar-refractivity contribution in [3.05, 3.63) is 29.8 Å². The number of aliphatic hydroxyl groups is 1. The number of aliphatic hydroxyl groups excluding tert-OH is 1. The van der Waals surface area contributed by atoms with Gasteiger partial charge < -0.3 is 15.3 Å². The van der Waals surface area contributed by atoms with Crippen LogP contribution < -0.4 is 5.32 Å². The second-order valence-corrected chi connectivity index (χ2v) is 4.91. The van der Waals surface area contributed by atoms with Crippen LogP contribution in [0, 0.1) is 5.82 Å². The van der Waals surface area contributed by atoms with Gasteiger partial charge in [0, 0.05) is 6.54 Å². The van der Waals surface area contributed by atoms with Crippen molar-refractivity contribution in [2.24, 2.45) is 0 Å². The van der Waals surface area contributed by atoms with Gasteiger partial charge in [-0.15, -0.1) is 0 Å². The number of rotatable bonds is 8. The Kier molecular flexibility index (Phi) is 6.91. The van der Waals surface area contributed by atoms with E-state index in [1.54, 1.807) is 13.0 Å². The predicted octanol–water partition coefficient (Wildman–Crippen LogP) is 1.57. The molecule has 1 aromatic rings. The summed E-state index contributed by atoms with van der Waals surface area (Å²) in [6.45, 7) is 6.15. The van der Waals surface area contributed by atoms with Gasteiger partial charge in [0.2, 0.25) is 0 Å². The van der Waals surface area contributed by atoms with E-state index >= 15 is 0 Å². The average Bonchev–Trinajstić information content (AvgIpc) is 2.35. The van der Waals surface area contributed by atoms with E-state index in [4.69, 9.17) is 0 Å². The molecule has 0 amide bonds. The Morgan fingerprint density at radius 1 is 1.47 bits per heavy atom. The van der Waals surface area contributed by atoms with Crippen molar-refractivity contribution in [1.82, 2.24) is 15.2 Å². The fourth-order valence-corrected chi connectivity index (χ4v) is 2.09. The van der Waals surface area contributed by atoms with Crippen LogP contribution in [-0.4, -0.2) is 47.8 Å². The summed E-state index contributed by atoms with van der Waals surface area (Å²) < 4.78 is 12.9. The maximum absolute atomic E-state index is 12.9. The summed E-state index contributed by atoms with van der Waals surface area (Å²) in [5, 5.41) is 12.7. The topological polar surface area (TPSA) is 48.4 Å². The number of nitrogens with zero attached hydrogens (tertiary/aromatic N) is 2. The molecule has 1 rings (SSSR count). The third kappa shape index (κ3) is 6.09. The molecule has 0 spiro atoms. The molecule has 2 atom stereocenters. The first-order chi connectivity index (χ1) is 9.02. The fraction of sp³-hybridized carbons (Fsp3) is 0.643. The highest BCUT2D eigenvalue weighted by molar-refractivity contribution is 5.09. The van der Waals surface area contributed by atoms with Gasteiger partial charge in [-0.1, -0.05) is 6.92 Å². The van der Waals surface area contributed by atoms with E-state index in [9.17, 15) is 9.50 Å². The third-order valence-corrected chi connectivity index (χ3v) is 2.93. The molecule has 2 unspecified atom stereocenters. The van der Waals surface area contributed by atoms with Crippen LogP contribution in [0.5, 0.6) is 0 Å². The maximum Gasteiger partial charge on any atom is 0.141 e. The summed E-state index contributed by atoms with van der Waals surface area (Å²) in [7, 11) is 1.98. The Morgan fingerprint density at radius 2 is 2.21 bits per heavy atom. The first-order valence-electron chi connectivity index (χ1n) is 6.74. The lowest BCUT2D eigenvalue weighted by Crippen LogP contribution is -2.31. The molecule has 0 saturated carbocycles. The Labute approximate surface area is 114 Å². The molecule has 0 aliphatic rings. The minimum absolute atomic E-state index is 0.113. The highest BCUT2D eigenvalue weighted by Gasteiger charge is 2.13. The quantitative estimate of drug-likeness (QED) is 0.752. The van der Waals surface area contributed by atoms with E-state index in [1.807, 2.05) is 14.0 Å². The molecule has 0 aromatic carbocycles. The van der Waals surface area contributed by atoms with Crippen LogP contribution in [-0.2, 0) is 0 Å². The SMILES string of the molecule is CCNC(CCN(C)CC(C)O)c1ccc(F)cn1. The Balaban J connectivity index is 2.55. The first-order valence-corrected chi connectivity index (χ1v) is 6.74. The van der Waals surface area contributed by atoms with Gasteiger partial charge in [-0.2, -0.15) is 0 Å². The molecule has 0 fully saturated rings. The molecule has 0 bridgehead atoms. The van der Waals surface area contributed by atoms with Crippen LogP contribution in [0.3, 0.4) is 0 Å². The van der Waals surface area contributed by atoms with E-state index in [-0.39, 0.29) is 18.0 Å². The zero-order valence-corrected chi connectivity index (χ0v) is 11.9. The first kappa shape index (κ1) is 16.0. The Bertz CT molecular complexity index is 356. The van der Waals surface area contributed by atoms with Crippen molar-refractivity contribution in [2.75, 3.05) is 26.7 Å². The molecule has 4 nitrogen and oxygen atoms in total. The van der Waals surface area contributed by atoms with Gasteiger partial charge >= 0.3 is 0 Å². The normalized spacial score (nSPS) is 14.6. The second-order valence-electron chi connectivity index (χ2n) is 4.91. The van der Waals surface area contributed by atoms with Crippen LogP contribution in [0.2, 0.25) is 0 Å². The number of hydrogen-bond donors (Lipinski definition) is 2. The predicted molar refractivity (Wildman–Crippen MR) is 74.4 cm³/mol. The number of pyridine rings is 1. The molecule has 0 radical (unpaired) electrons. The Hall–Kier alpha value is -1.04. The molecule has 0 aliphatic heterocycles. The van der Waals surface area contributed by atoms with E-state index in [2.05, 4.69) is 15.2 Å². The van der Waals surface area contributed by atoms with Gasteiger partial charge in [0.25, 0.3) is 0 Å². The summed E-state index contributed by atoms with van der Waals surface area (Å²) in [5.41, 5.74) is 0.855. The zero-order valence-electron chi connectivity index (χ0n) is 11.9. The summed E-state index contributed by atoms with van der Waals surface area (Å²) >= 11 is 0. The molecule has 19 heavy (non-hydrogen) atoms. The van der Waals surface area contributed by atoms with Gasteiger partial charge in [0.1, 0.15) is 5.82 Å². The van der Waals surface area contributed by atoms with Gasteiger partial charge in [0.05, 0.1) is 24.0 Å². The monoisotopic (exact) mass is 269 g/mol. The molecule has 0 aliphatic carbocycles. The van der Waals surface area contributed by atoms with Gasteiger partial charge in [-0.25, -0.2) is 4.39 Å². The molecule has 5 heteroatoms. The number of likely N-dealkylation sites (N-methyl/N-ethyl adjacent to an activating group) is 1. The minimum atomic E-state index is -0.327. The van der Waals surface area contributed by atoms with Crippen molar-refractivity contribution < 1.29 is 9.50 Å². The molecule has 108 valence electrons. The van der Waals surface area contributed by atoms with Gasteiger partial charge in [-0.3, -0.25) is 4.98 Å². The summed E-state index contributed by atoms with van der Waals surface area (Å²) in [5.74, 6) is -0.315. The summed E-state index contributed by atoms with van der Waals surface area (Å²) in [6.07, 6.45) is 1.79. The van der Waals surface area contributed by atoms with Crippen molar-refractivity contribution >= 4 is 0 Å². The Morgan fingerprint density at radius 3 is 2.74 bits per heavy atom. The lowest BCUT2D eigenvalue weighted by atomic mass is 10.1. The lowest BCUT2D eigenvalue weighted by Gasteiger charge is -2.23. The summed E-state index contributed by atoms with van der Waals surface area (Å²) in [4.78, 5) is 6.21. The molecule has 2 N–H and O–H groups in total. The van der Waals surface area contributed by atoms with E-state index < -0.39 is 0 Å². The van der Waals surface area contributed by atoms with Crippen LogP contribution in [0.15, 0.2) is 18.3 Å². The highest BCUT2D eigenvalue weighted by atomic mass is 19.1. The third-order valence-electron chi connectivity index (χ3n) is 2.93. The standard InChI is InChI=1S/C14H24FN3O/c1-4-16-14(7-8-18(3)10-11(2)19)13-6-5-12(15)9-17-13/h5-6,9,11,14,16,19H,4,7-8,10H2,1-3H3. The summed E-state index contributed by atoms with van der Waals surface area (Å²) in [6, 6.07) is 3.27. The number of halogens is 1. The molecule has 1 aromatic heterocycles. The molecular weight excluding hydrogens is 245 g/mol. The maximum atomic E-state index is 12.9. The van der Waals surface area contributed by atoms with Crippen molar-refractivity contribution in [3.8, 4) is 0 Å². The highest BCUT2D eigenvalue weighted by Crippen LogP contribution is 2.15. The van der Waals surface area contributed by atoms with E-state index in [0.717, 1.165) is 25.2 Å². The van der Waals surface area contributed by atoms with Crippen molar-refractivity contribution in [1.29, 1.82) is 0 Å². The van der Waals surface area contributed by atoms with Crippen LogP contribution >= 0.6 is 0 Å². The van der Waals surface area contributed by atoms with Gasteiger partial charge in [0.15, 0.2) is 0 Å². The minimum Gasteiger partial charge on any atom is -0.392 e. The van der Waals surface area contributed by atoms with Crippen LogP contribution in [0.25, 0.3) is 0 Å². The van der Waals surface area contributed by atoms with Crippen LogP contribution in [0.4, 0.5) is 4.39 Å². The van der Waals surface area contributed by atoms with Crippen LogP contribution in [0.1, 0.15) is 32.0 Å².